The lowest BCUT2D eigenvalue weighted by Crippen LogP contribution is -2.56. The summed E-state index contributed by atoms with van der Waals surface area (Å²) in [5.41, 5.74) is 0.134. The van der Waals surface area contributed by atoms with E-state index in [4.69, 9.17) is 27.9 Å². The first-order valence-electron chi connectivity index (χ1n) is 8.80. The molecule has 0 N–H and O–H groups in total. The van der Waals surface area contributed by atoms with E-state index < -0.39 is 11.9 Å². The zero-order valence-electron chi connectivity index (χ0n) is 14.8. The molecule has 5 rings (SSSR count). The topological polar surface area (TPSA) is 86.0 Å². The van der Waals surface area contributed by atoms with Gasteiger partial charge in [-0.05, 0) is 18.2 Å². The number of nitrogens with zero attached hydrogens (tertiary/aromatic N) is 6. The number of benzene rings is 1. The number of ether oxygens (including phenoxy) is 1. The Labute approximate surface area is 174 Å². The minimum atomic E-state index is -0.678. The molecule has 29 heavy (non-hydrogen) atoms. The summed E-state index contributed by atoms with van der Waals surface area (Å²) in [7, 11) is 0. The first-order chi connectivity index (χ1) is 14.1. The number of aromatic nitrogens is 5. The molecule has 11 heteroatoms. The third kappa shape index (κ3) is 2.88. The van der Waals surface area contributed by atoms with Gasteiger partial charge >= 0.3 is 0 Å². The highest BCUT2D eigenvalue weighted by molar-refractivity contribution is 6.44. The monoisotopic (exact) mass is 434 g/mol. The van der Waals surface area contributed by atoms with Crippen LogP contribution in [0.2, 0.25) is 10.0 Å². The van der Waals surface area contributed by atoms with E-state index in [0.29, 0.717) is 30.6 Å². The summed E-state index contributed by atoms with van der Waals surface area (Å²) in [5, 5.41) is 8.12. The Balaban J connectivity index is 1.56. The fourth-order valence-electron chi connectivity index (χ4n) is 3.74. The van der Waals surface area contributed by atoms with Gasteiger partial charge in [-0.2, -0.15) is 0 Å². The predicted molar refractivity (Wildman–Crippen MR) is 101 cm³/mol. The highest BCUT2D eigenvalue weighted by Gasteiger charge is 2.44. The van der Waals surface area contributed by atoms with E-state index in [0.717, 1.165) is 6.07 Å². The Morgan fingerprint density at radius 3 is 2.72 bits per heavy atom. The lowest BCUT2D eigenvalue weighted by atomic mass is 10.0. The molecule has 0 radical (unpaired) electrons. The molecule has 1 aromatic carbocycles. The van der Waals surface area contributed by atoms with Crippen molar-refractivity contribution in [3.05, 3.63) is 57.8 Å². The van der Waals surface area contributed by atoms with Gasteiger partial charge in [0.05, 0.1) is 34.9 Å². The predicted octanol–water partition coefficient (Wildman–Crippen LogP) is 2.78. The maximum atomic E-state index is 13.7. The number of carbonyl (C=O) groups excluding carboxylic acids is 1. The van der Waals surface area contributed by atoms with Crippen molar-refractivity contribution >= 4 is 29.1 Å². The van der Waals surface area contributed by atoms with E-state index in [2.05, 4.69) is 20.2 Å². The fraction of sp³-hybridized carbons (Fsp3) is 0.278. The summed E-state index contributed by atoms with van der Waals surface area (Å²) >= 11 is 12.0. The van der Waals surface area contributed by atoms with Gasteiger partial charge in [0.15, 0.2) is 11.6 Å². The molecule has 8 nitrogen and oxygen atoms in total. The molecule has 2 atom stereocenters. The Hall–Kier alpha value is -2.62. The van der Waals surface area contributed by atoms with E-state index in [1.165, 1.54) is 6.07 Å². The number of hydrogen-bond donors (Lipinski definition) is 0. The minimum Gasteiger partial charge on any atom is -0.377 e. The lowest BCUT2D eigenvalue weighted by molar-refractivity contribution is -0.0569. The standard InChI is InChI=1S/C18H13Cl2FN6O2/c19-13-10(2-3-11(21)14(13)20)18(28)27-9-6-26-16(12(27)8-29-7-9)24-25-17(26)15-22-4-1-5-23-15/h1-5,9,12H,6-8H2. The Bertz CT molecular complexity index is 1110. The van der Waals surface area contributed by atoms with Crippen molar-refractivity contribution in [2.24, 2.45) is 0 Å². The molecule has 2 bridgehead atoms. The molecule has 1 fully saturated rings. The summed E-state index contributed by atoms with van der Waals surface area (Å²) in [6.07, 6.45) is 3.26. The van der Waals surface area contributed by atoms with Gasteiger partial charge in [-0.15, -0.1) is 10.2 Å². The van der Waals surface area contributed by atoms with Gasteiger partial charge in [0.2, 0.25) is 5.82 Å². The number of halogens is 3. The molecule has 2 unspecified atom stereocenters. The largest absolute Gasteiger partial charge is 0.377 e. The van der Waals surface area contributed by atoms with Crippen molar-refractivity contribution in [3.8, 4) is 11.6 Å². The van der Waals surface area contributed by atoms with Crippen LogP contribution in [0.5, 0.6) is 0 Å². The lowest BCUT2D eigenvalue weighted by Gasteiger charge is -2.45. The van der Waals surface area contributed by atoms with Crippen LogP contribution in [0.1, 0.15) is 22.2 Å². The fourth-order valence-corrected chi connectivity index (χ4v) is 4.14. The molecule has 3 aromatic rings. The highest BCUT2D eigenvalue weighted by Crippen LogP contribution is 2.37. The van der Waals surface area contributed by atoms with E-state index in [-0.39, 0.29) is 34.2 Å². The molecule has 2 aliphatic heterocycles. The first-order valence-corrected chi connectivity index (χ1v) is 9.56. The summed E-state index contributed by atoms with van der Waals surface area (Å²) in [4.78, 5) is 23.5. The smallest absolute Gasteiger partial charge is 0.256 e. The SMILES string of the molecule is O=C(c1ccc(F)c(Cl)c1Cl)N1C2COCC1c1nnc(-c3ncccn3)n1C2. The van der Waals surface area contributed by atoms with Crippen molar-refractivity contribution in [1.82, 2.24) is 29.6 Å². The number of rotatable bonds is 2. The quantitative estimate of drug-likeness (QED) is 0.576. The Kier molecular flexibility index (Phi) is 4.45. The van der Waals surface area contributed by atoms with Crippen LogP contribution < -0.4 is 0 Å². The van der Waals surface area contributed by atoms with Gasteiger partial charge in [-0.1, -0.05) is 23.2 Å². The number of fused-ring (bicyclic) bond motifs is 4. The molecule has 1 amide bonds. The van der Waals surface area contributed by atoms with Crippen LogP contribution in [0.4, 0.5) is 4.39 Å². The molecular formula is C18H13Cl2FN6O2. The Morgan fingerprint density at radius 1 is 1.14 bits per heavy atom. The van der Waals surface area contributed by atoms with Gasteiger partial charge in [0.1, 0.15) is 11.9 Å². The molecule has 1 saturated heterocycles. The van der Waals surface area contributed by atoms with Crippen molar-refractivity contribution in [1.29, 1.82) is 0 Å². The Morgan fingerprint density at radius 2 is 1.93 bits per heavy atom. The summed E-state index contributed by atoms with van der Waals surface area (Å²) in [6, 6.07) is 3.43. The van der Waals surface area contributed by atoms with Crippen LogP contribution in [-0.2, 0) is 11.3 Å². The number of morpholine rings is 1. The zero-order chi connectivity index (χ0) is 20.1. The van der Waals surface area contributed by atoms with Gasteiger partial charge in [-0.3, -0.25) is 4.79 Å². The average molecular weight is 435 g/mol. The molecule has 0 aliphatic carbocycles. The van der Waals surface area contributed by atoms with E-state index in [9.17, 15) is 9.18 Å². The van der Waals surface area contributed by atoms with Crippen LogP contribution in [0.15, 0.2) is 30.6 Å². The molecular weight excluding hydrogens is 422 g/mol. The summed E-state index contributed by atoms with van der Waals surface area (Å²) < 4.78 is 21.2. The second-order valence-corrected chi connectivity index (χ2v) is 7.46. The zero-order valence-corrected chi connectivity index (χ0v) is 16.3. The van der Waals surface area contributed by atoms with Crippen LogP contribution in [-0.4, -0.2) is 54.8 Å². The highest BCUT2D eigenvalue weighted by atomic mass is 35.5. The molecule has 2 aromatic heterocycles. The maximum absolute atomic E-state index is 13.7. The van der Waals surface area contributed by atoms with Crippen molar-refractivity contribution in [3.63, 3.8) is 0 Å². The minimum absolute atomic E-state index is 0.110. The average Bonchev–Trinajstić information content (AvgIpc) is 3.15. The normalized spacial score (nSPS) is 20.4. The van der Waals surface area contributed by atoms with E-state index >= 15 is 0 Å². The van der Waals surface area contributed by atoms with Gasteiger partial charge in [0, 0.05) is 18.9 Å². The van der Waals surface area contributed by atoms with Crippen LogP contribution in [0.25, 0.3) is 11.6 Å². The van der Waals surface area contributed by atoms with E-state index in [1.807, 2.05) is 4.57 Å². The molecule has 0 saturated carbocycles. The van der Waals surface area contributed by atoms with Crippen LogP contribution in [0.3, 0.4) is 0 Å². The van der Waals surface area contributed by atoms with Gasteiger partial charge < -0.3 is 14.2 Å². The van der Waals surface area contributed by atoms with Crippen LogP contribution >= 0.6 is 23.2 Å². The summed E-state index contributed by atoms with van der Waals surface area (Å²) in [5.74, 6) is 0.525. The number of amides is 1. The van der Waals surface area contributed by atoms with E-state index in [1.54, 1.807) is 23.4 Å². The molecule has 0 spiro atoms. The first kappa shape index (κ1) is 18.4. The van der Waals surface area contributed by atoms with Gasteiger partial charge in [0.25, 0.3) is 5.91 Å². The summed E-state index contributed by atoms with van der Waals surface area (Å²) in [6.45, 7) is 0.995. The number of hydrogen-bond acceptors (Lipinski definition) is 6. The second-order valence-electron chi connectivity index (χ2n) is 6.71. The molecule has 4 heterocycles. The van der Waals surface area contributed by atoms with Crippen molar-refractivity contribution in [2.45, 2.75) is 18.6 Å². The van der Waals surface area contributed by atoms with Gasteiger partial charge in [-0.25, -0.2) is 14.4 Å². The van der Waals surface area contributed by atoms with Crippen molar-refractivity contribution in [2.75, 3.05) is 13.2 Å². The van der Waals surface area contributed by atoms with Crippen LogP contribution in [0, 0.1) is 5.82 Å². The third-order valence-corrected chi connectivity index (χ3v) is 5.91. The second kappa shape index (κ2) is 7.01. The number of carbonyl (C=O) groups is 1. The van der Waals surface area contributed by atoms with Crippen molar-refractivity contribution < 1.29 is 13.9 Å². The maximum Gasteiger partial charge on any atom is 0.256 e. The molecule has 2 aliphatic rings. The molecule has 148 valence electrons. The third-order valence-electron chi connectivity index (χ3n) is 5.05.